The first-order chi connectivity index (χ1) is 16.6. The maximum atomic E-state index is 15.7. The summed E-state index contributed by atoms with van der Waals surface area (Å²) in [7, 11) is -2.22. The molecule has 1 aromatic heterocycles. The fourth-order valence-corrected chi connectivity index (χ4v) is 6.74. The quantitative estimate of drug-likeness (QED) is 0.469. The molecule has 0 spiro atoms. The van der Waals surface area contributed by atoms with Crippen LogP contribution in [0.3, 0.4) is 0 Å². The van der Waals surface area contributed by atoms with Crippen molar-refractivity contribution in [3.05, 3.63) is 76.8 Å². The van der Waals surface area contributed by atoms with Crippen molar-refractivity contribution >= 4 is 33.0 Å². The molecule has 3 aromatic rings. The number of hydrogen-bond donors (Lipinski definition) is 0. The molecule has 1 fully saturated rings. The molecule has 0 atom stereocenters. The number of sulfone groups is 1. The molecule has 7 nitrogen and oxygen atoms in total. The average Bonchev–Trinajstić information content (AvgIpc) is 3.27. The number of halogens is 2. The second-order valence-corrected chi connectivity index (χ2v) is 11.6. The first kappa shape index (κ1) is 25.3. The number of carbonyl (C=O) groups excluding carboxylic acids is 1. The van der Waals surface area contributed by atoms with E-state index in [4.69, 9.17) is 16.3 Å². The largest absolute Gasteiger partial charge is 0.381 e. The minimum atomic E-state index is -3.91. The molecule has 4 rings (SSSR count). The van der Waals surface area contributed by atoms with Gasteiger partial charge in [0.05, 0.1) is 22.3 Å². The number of aromatic nitrogens is 2. The molecule has 1 aliphatic rings. The second kappa shape index (κ2) is 9.72. The van der Waals surface area contributed by atoms with Gasteiger partial charge >= 0.3 is 0 Å². The van der Waals surface area contributed by atoms with E-state index in [-0.39, 0.29) is 42.7 Å². The Morgan fingerprint density at radius 2 is 1.83 bits per heavy atom. The lowest BCUT2D eigenvalue weighted by molar-refractivity contribution is 0.0739. The van der Waals surface area contributed by atoms with Crippen LogP contribution in [0.25, 0.3) is 0 Å². The molecule has 0 bridgehead atoms. The van der Waals surface area contributed by atoms with E-state index in [2.05, 4.69) is 5.10 Å². The zero-order chi connectivity index (χ0) is 25.4. The van der Waals surface area contributed by atoms with Crippen molar-refractivity contribution in [1.82, 2.24) is 9.78 Å². The molecule has 1 aliphatic heterocycles. The summed E-state index contributed by atoms with van der Waals surface area (Å²) < 4.78 is 49.0. The predicted octanol–water partition coefficient (Wildman–Crippen LogP) is 4.75. The van der Waals surface area contributed by atoms with Crippen LogP contribution < -0.4 is 4.90 Å². The molecular formula is C25H27ClFN3O4S. The van der Waals surface area contributed by atoms with Crippen LogP contribution in [0, 0.1) is 5.82 Å². The Morgan fingerprint density at radius 1 is 1.17 bits per heavy atom. The van der Waals surface area contributed by atoms with E-state index in [1.807, 2.05) is 0 Å². The van der Waals surface area contributed by atoms with E-state index >= 15 is 4.39 Å². The Kier molecular flexibility index (Phi) is 7.04. The zero-order valence-corrected chi connectivity index (χ0v) is 21.3. The summed E-state index contributed by atoms with van der Waals surface area (Å²) in [6.45, 7) is 4.03. The lowest BCUT2D eigenvalue weighted by Crippen LogP contribution is -2.42. The van der Waals surface area contributed by atoms with Crippen molar-refractivity contribution in [3.8, 4) is 0 Å². The molecule has 2 heterocycles. The van der Waals surface area contributed by atoms with Crippen LogP contribution in [0.15, 0.2) is 59.8 Å². The fraction of sp³-hybridized carbons (Fsp3) is 0.360. The molecule has 186 valence electrons. The molecule has 1 amide bonds. The number of ether oxygens (including phenoxy) is 1. The summed E-state index contributed by atoms with van der Waals surface area (Å²) in [4.78, 5) is 14.6. The van der Waals surface area contributed by atoms with Gasteiger partial charge in [0, 0.05) is 37.5 Å². The van der Waals surface area contributed by atoms with Crippen molar-refractivity contribution in [3.63, 3.8) is 0 Å². The summed E-state index contributed by atoms with van der Waals surface area (Å²) >= 11 is 5.96. The molecule has 0 aliphatic carbocycles. The second-order valence-electron chi connectivity index (χ2n) is 8.90. The van der Waals surface area contributed by atoms with Gasteiger partial charge in [-0.1, -0.05) is 17.7 Å². The number of carbonyl (C=O) groups is 1. The Hall–Kier alpha value is -2.75. The highest BCUT2D eigenvalue weighted by molar-refractivity contribution is 7.92. The fourth-order valence-electron chi connectivity index (χ4n) is 4.53. The topological polar surface area (TPSA) is 81.5 Å². The van der Waals surface area contributed by atoms with Crippen LogP contribution in [0.1, 0.15) is 42.6 Å². The number of amides is 1. The monoisotopic (exact) mass is 519 g/mol. The summed E-state index contributed by atoms with van der Waals surface area (Å²) in [5.41, 5.74) is 0.731. The van der Waals surface area contributed by atoms with Crippen LogP contribution >= 0.6 is 11.6 Å². The highest BCUT2D eigenvalue weighted by atomic mass is 35.5. The van der Waals surface area contributed by atoms with Crippen molar-refractivity contribution in [2.24, 2.45) is 7.05 Å². The molecule has 1 saturated heterocycles. The van der Waals surface area contributed by atoms with Gasteiger partial charge in [-0.3, -0.25) is 9.48 Å². The Morgan fingerprint density at radius 3 is 2.37 bits per heavy atom. The van der Waals surface area contributed by atoms with E-state index in [9.17, 15) is 13.2 Å². The lowest BCUT2D eigenvalue weighted by Gasteiger charge is -2.37. The molecule has 0 unspecified atom stereocenters. The van der Waals surface area contributed by atoms with Gasteiger partial charge < -0.3 is 9.64 Å². The summed E-state index contributed by atoms with van der Waals surface area (Å²) in [5, 5.41) is 4.45. The highest BCUT2D eigenvalue weighted by Gasteiger charge is 2.47. The van der Waals surface area contributed by atoms with Gasteiger partial charge in [0.1, 0.15) is 10.6 Å². The Labute approximate surface area is 209 Å². The molecule has 35 heavy (non-hydrogen) atoms. The van der Waals surface area contributed by atoms with Crippen molar-refractivity contribution in [2.75, 3.05) is 18.1 Å². The first-order valence-corrected chi connectivity index (χ1v) is 13.1. The van der Waals surface area contributed by atoms with Gasteiger partial charge in [-0.05, 0) is 68.7 Å². The van der Waals surface area contributed by atoms with Gasteiger partial charge in [-0.2, -0.15) is 5.10 Å². The third kappa shape index (κ3) is 4.60. The lowest BCUT2D eigenvalue weighted by atomic mass is 9.90. The Bertz CT molecular complexity index is 1330. The van der Waals surface area contributed by atoms with E-state index in [1.54, 1.807) is 33.2 Å². The minimum Gasteiger partial charge on any atom is -0.381 e. The number of benzene rings is 2. The molecule has 0 saturated carbocycles. The third-order valence-electron chi connectivity index (χ3n) is 6.36. The van der Waals surface area contributed by atoms with E-state index in [0.717, 1.165) is 0 Å². The number of hydrogen-bond acceptors (Lipinski definition) is 5. The molecular weight excluding hydrogens is 493 g/mol. The molecule has 2 aromatic carbocycles. The molecule has 0 N–H and O–H groups in total. The van der Waals surface area contributed by atoms with E-state index < -0.39 is 26.3 Å². The normalized spacial score (nSPS) is 15.8. The van der Waals surface area contributed by atoms with Gasteiger partial charge in [-0.15, -0.1) is 0 Å². The maximum absolute atomic E-state index is 15.7. The summed E-state index contributed by atoms with van der Waals surface area (Å²) in [6.07, 6.45) is 3.36. The number of nitrogens with zero attached hydrogens (tertiary/aromatic N) is 3. The number of anilines is 1. The van der Waals surface area contributed by atoms with E-state index in [1.165, 1.54) is 52.2 Å². The van der Waals surface area contributed by atoms with Crippen LogP contribution in [0.2, 0.25) is 5.02 Å². The van der Waals surface area contributed by atoms with Crippen molar-refractivity contribution in [2.45, 2.75) is 42.4 Å². The highest BCUT2D eigenvalue weighted by Crippen LogP contribution is 2.44. The maximum Gasteiger partial charge on any atom is 0.261 e. The van der Waals surface area contributed by atoms with Crippen LogP contribution in [-0.4, -0.2) is 43.4 Å². The van der Waals surface area contributed by atoms with Gasteiger partial charge in [0.25, 0.3) is 5.91 Å². The predicted molar refractivity (Wildman–Crippen MR) is 132 cm³/mol. The third-order valence-corrected chi connectivity index (χ3v) is 9.18. The van der Waals surface area contributed by atoms with E-state index in [0.29, 0.717) is 16.1 Å². The van der Waals surface area contributed by atoms with Gasteiger partial charge in [0.15, 0.2) is 9.84 Å². The SMILES string of the molecule is CC(C)N(C(=O)c1cnn(C)c1)c1ccc(C2(S(=O)(=O)c3ccc(Cl)cc3)CCOCC2)cc1F. The Balaban J connectivity index is 1.79. The van der Waals surface area contributed by atoms with Crippen LogP contribution in [-0.2, 0) is 26.4 Å². The van der Waals surface area contributed by atoms with Gasteiger partial charge in [-0.25, -0.2) is 12.8 Å². The molecule has 0 radical (unpaired) electrons. The molecule has 10 heteroatoms. The summed E-state index contributed by atoms with van der Waals surface area (Å²) in [5.74, 6) is -1.07. The summed E-state index contributed by atoms with van der Waals surface area (Å²) in [6, 6.07) is 9.94. The van der Waals surface area contributed by atoms with Gasteiger partial charge in [0.2, 0.25) is 0 Å². The smallest absolute Gasteiger partial charge is 0.261 e. The number of aryl methyl sites for hydroxylation is 1. The minimum absolute atomic E-state index is 0.0729. The van der Waals surface area contributed by atoms with Crippen LogP contribution in [0.5, 0.6) is 0 Å². The van der Waals surface area contributed by atoms with Crippen LogP contribution in [0.4, 0.5) is 10.1 Å². The average molecular weight is 520 g/mol. The first-order valence-electron chi connectivity index (χ1n) is 11.3. The number of rotatable bonds is 6. The van der Waals surface area contributed by atoms with Crippen molar-refractivity contribution in [1.29, 1.82) is 0 Å². The standard InChI is InChI=1S/C25H27ClFN3O4S/c1-17(2)30(24(31)18-15-28-29(3)16-18)23-9-4-19(14-22(23)27)25(10-12-34-13-11-25)35(32,33)21-7-5-20(26)6-8-21/h4-9,14-17H,10-13H2,1-3H3. The van der Waals surface area contributed by atoms with Crippen molar-refractivity contribution < 1.29 is 22.3 Å². The zero-order valence-electron chi connectivity index (χ0n) is 19.7.